The average Bonchev–Trinajstić information content (AvgIpc) is 2.70. The van der Waals surface area contributed by atoms with Gasteiger partial charge in [0.25, 0.3) is 5.91 Å². The van der Waals surface area contributed by atoms with E-state index in [0.717, 1.165) is 18.2 Å². The molecule has 2 aromatic carbocycles. The average molecular weight is 407 g/mol. The number of amides is 1. The van der Waals surface area contributed by atoms with Crippen molar-refractivity contribution >= 4 is 23.6 Å². The van der Waals surface area contributed by atoms with Crippen LogP contribution in [-0.4, -0.2) is 31.7 Å². The van der Waals surface area contributed by atoms with Crippen LogP contribution >= 0.6 is 0 Å². The lowest BCUT2D eigenvalue weighted by atomic mass is 10.1. The summed E-state index contributed by atoms with van der Waals surface area (Å²) in [6.07, 6.45) is -2.10. The minimum Gasteiger partial charge on any atom is -0.486 e. The Kier molecular flexibility index (Phi) is 6.06. The first-order valence-electron chi connectivity index (χ1n) is 8.53. The number of benzene rings is 2. The molecular weight excluding hydrogens is 391 g/mol. The first-order chi connectivity index (χ1) is 13.8. The molecule has 152 valence electrons. The summed E-state index contributed by atoms with van der Waals surface area (Å²) in [5.74, 6) is -0.278. The van der Waals surface area contributed by atoms with Crippen LogP contribution in [0.1, 0.15) is 11.1 Å². The molecule has 0 fully saturated rings. The molecule has 0 radical (unpaired) electrons. The third kappa shape index (κ3) is 5.74. The number of nitrogens with one attached hydrogen (secondary N) is 1. The fraction of sp³-hybridized carbons (Fsp3) is 0.200. The molecule has 0 aromatic heterocycles. The quantitative estimate of drug-likeness (QED) is 0.605. The number of esters is 1. The van der Waals surface area contributed by atoms with Crippen LogP contribution in [0.15, 0.2) is 48.5 Å². The van der Waals surface area contributed by atoms with Crippen LogP contribution in [0, 0.1) is 0 Å². The van der Waals surface area contributed by atoms with Gasteiger partial charge in [0.05, 0.1) is 5.56 Å². The van der Waals surface area contributed by atoms with E-state index in [9.17, 15) is 22.8 Å². The number of ether oxygens (including phenoxy) is 3. The molecule has 0 unspecified atom stereocenters. The smallest absolute Gasteiger partial charge is 0.416 e. The van der Waals surface area contributed by atoms with E-state index in [2.05, 4.69) is 5.32 Å². The highest BCUT2D eigenvalue weighted by molar-refractivity contribution is 5.94. The van der Waals surface area contributed by atoms with Crippen LogP contribution in [0.4, 0.5) is 18.9 Å². The number of alkyl halides is 3. The van der Waals surface area contributed by atoms with Gasteiger partial charge in [-0.25, -0.2) is 4.79 Å². The Bertz CT molecular complexity index is 923. The normalized spacial score (nSPS) is 13.2. The lowest BCUT2D eigenvalue weighted by Crippen LogP contribution is -2.20. The number of anilines is 1. The van der Waals surface area contributed by atoms with Crippen molar-refractivity contribution in [3.05, 3.63) is 59.7 Å². The van der Waals surface area contributed by atoms with E-state index in [1.807, 2.05) is 0 Å². The monoisotopic (exact) mass is 407 g/mol. The van der Waals surface area contributed by atoms with Crippen LogP contribution in [0.3, 0.4) is 0 Å². The molecule has 0 bridgehead atoms. The van der Waals surface area contributed by atoms with E-state index in [1.165, 1.54) is 18.2 Å². The Labute approximate surface area is 163 Å². The van der Waals surface area contributed by atoms with Gasteiger partial charge in [0.1, 0.15) is 13.2 Å². The number of carbonyl (C=O) groups is 2. The first-order valence-corrected chi connectivity index (χ1v) is 8.53. The molecule has 0 saturated heterocycles. The van der Waals surface area contributed by atoms with E-state index in [0.29, 0.717) is 36.0 Å². The lowest BCUT2D eigenvalue weighted by Gasteiger charge is -2.18. The molecule has 0 aliphatic carbocycles. The molecule has 1 aliphatic rings. The number of halogens is 3. The summed E-state index contributed by atoms with van der Waals surface area (Å²) in [5.41, 5.74) is 0.0549. The van der Waals surface area contributed by atoms with Crippen molar-refractivity contribution in [1.29, 1.82) is 0 Å². The minimum atomic E-state index is -4.42. The standard InChI is InChI=1S/C20H16F3NO5/c21-20(22,23)14-4-1-13(2-5-14)3-8-19(26)29-12-18(25)24-15-6-7-16-17(11-15)28-10-9-27-16/h1-8,11H,9-10,12H2,(H,24,25)/b8-3+. The van der Waals surface area contributed by atoms with Crippen molar-refractivity contribution in [3.63, 3.8) is 0 Å². The number of hydrogen-bond acceptors (Lipinski definition) is 5. The molecule has 0 saturated carbocycles. The van der Waals surface area contributed by atoms with E-state index in [-0.39, 0.29) is 0 Å². The highest BCUT2D eigenvalue weighted by Crippen LogP contribution is 2.32. The van der Waals surface area contributed by atoms with Crippen LogP contribution in [0.2, 0.25) is 0 Å². The van der Waals surface area contributed by atoms with Crippen molar-refractivity contribution in [2.45, 2.75) is 6.18 Å². The minimum absolute atomic E-state index is 0.385. The molecule has 6 nitrogen and oxygen atoms in total. The third-order valence-corrected chi connectivity index (χ3v) is 3.82. The summed E-state index contributed by atoms with van der Waals surface area (Å²) in [6, 6.07) is 9.14. The Morgan fingerprint density at radius 3 is 2.41 bits per heavy atom. The highest BCUT2D eigenvalue weighted by Gasteiger charge is 2.29. The molecule has 2 aromatic rings. The maximum atomic E-state index is 12.5. The summed E-state index contributed by atoms with van der Waals surface area (Å²) >= 11 is 0. The first kappa shape index (κ1) is 20.2. The SMILES string of the molecule is O=C(COC(=O)/C=C/c1ccc(C(F)(F)F)cc1)Nc1ccc2c(c1)OCCO2. The van der Waals surface area contributed by atoms with Crippen molar-refractivity contribution in [3.8, 4) is 11.5 Å². The summed E-state index contributed by atoms with van der Waals surface area (Å²) in [5, 5.41) is 2.56. The number of carbonyl (C=O) groups excluding carboxylic acids is 2. The highest BCUT2D eigenvalue weighted by atomic mass is 19.4. The zero-order valence-electron chi connectivity index (χ0n) is 15.0. The number of fused-ring (bicyclic) bond motifs is 1. The van der Waals surface area contributed by atoms with E-state index < -0.39 is 30.2 Å². The largest absolute Gasteiger partial charge is 0.486 e. The molecule has 0 atom stereocenters. The third-order valence-electron chi connectivity index (χ3n) is 3.82. The molecule has 3 rings (SSSR count). The van der Waals surface area contributed by atoms with Crippen LogP contribution in [0.25, 0.3) is 6.08 Å². The number of hydrogen-bond donors (Lipinski definition) is 1. The van der Waals surface area contributed by atoms with Crippen molar-refractivity contribution in [2.75, 3.05) is 25.1 Å². The van der Waals surface area contributed by atoms with Crippen LogP contribution in [-0.2, 0) is 20.5 Å². The zero-order chi connectivity index (χ0) is 20.9. The Morgan fingerprint density at radius 2 is 1.72 bits per heavy atom. The predicted octanol–water partition coefficient (Wildman–Crippen LogP) is 3.67. The maximum absolute atomic E-state index is 12.5. The molecule has 1 heterocycles. The lowest BCUT2D eigenvalue weighted by molar-refractivity contribution is -0.142. The van der Waals surface area contributed by atoms with Gasteiger partial charge in [0.2, 0.25) is 0 Å². The summed E-state index contributed by atoms with van der Waals surface area (Å²) in [6.45, 7) is 0.340. The predicted molar refractivity (Wildman–Crippen MR) is 97.5 cm³/mol. The summed E-state index contributed by atoms with van der Waals surface area (Å²) in [4.78, 5) is 23.6. The molecule has 1 N–H and O–H groups in total. The van der Waals surface area contributed by atoms with Crippen LogP contribution in [0.5, 0.6) is 11.5 Å². The van der Waals surface area contributed by atoms with Crippen molar-refractivity contribution in [1.82, 2.24) is 0 Å². The van der Waals surface area contributed by atoms with Crippen LogP contribution < -0.4 is 14.8 Å². The number of rotatable bonds is 5. The molecule has 1 aliphatic heterocycles. The second kappa shape index (κ2) is 8.68. The Balaban J connectivity index is 1.47. The van der Waals surface area contributed by atoms with Gasteiger partial charge in [-0.2, -0.15) is 13.2 Å². The Morgan fingerprint density at radius 1 is 1.03 bits per heavy atom. The maximum Gasteiger partial charge on any atom is 0.416 e. The van der Waals surface area contributed by atoms with E-state index in [4.69, 9.17) is 14.2 Å². The fourth-order valence-electron chi connectivity index (χ4n) is 2.45. The summed E-state index contributed by atoms with van der Waals surface area (Å²) in [7, 11) is 0. The van der Waals surface area contributed by atoms with E-state index >= 15 is 0 Å². The zero-order valence-corrected chi connectivity index (χ0v) is 15.0. The Hall–Kier alpha value is -3.49. The van der Waals surface area contributed by atoms with Gasteiger partial charge in [0, 0.05) is 17.8 Å². The van der Waals surface area contributed by atoms with Gasteiger partial charge >= 0.3 is 12.1 Å². The van der Waals surface area contributed by atoms with Crippen molar-refractivity contribution < 1.29 is 37.0 Å². The molecule has 0 spiro atoms. The van der Waals surface area contributed by atoms with Gasteiger partial charge in [-0.1, -0.05) is 12.1 Å². The molecule has 1 amide bonds. The van der Waals surface area contributed by atoms with Gasteiger partial charge in [-0.05, 0) is 35.9 Å². The van der Waals surface area contributed by atoms with Gasteiger partial charge < -0.3 is 19.5 Å². The molecule has 29 heavy (non-hydrogen) atoms. The van der Waals surface area contributed by atoms with Crippen molar-refractivity contribution in [2.24, 2.45) is 0 Å². The molecule has 9 heteroatoms. The summed E-state index contributed by atoms with van der Waals surface area (Å²) < 4.78 is 53.1. The fourth-order valence-corrected chi connectivity index (χ4v) is 2.45. The van der Waals surface area contributed by atoms with E-state index in [1.54, 1.807) is 18.2 Å². The van der Waals surface area contributed by atoms with Gasteiger partial charge in [0.15, 0.2) is 18.1 Å². The second-order valence-electron chi connectivity index (χ2n) is 5.97. The van der Waals surface area contributed by atoms with Gasteiger partial charge in [-0.3, -0.25) is 4.79 Å². The van der Waals surface area contributed by atoms with Gasteiger partial charge in [-0.15, -0.1) is 0 Å². The topological polar surface area (TPSA) is 73.9 Å². The molecular formula is C20H16F3NO5. The second-order valence-corrected chi connectivity index (χ2v) is 5.97.